The molecule has 0 aliphatic carbocycles. The van der Waals surface area contributed by atoms with Gasteiger partial charge in [-0.1, -0.05) is 384 Å². The van der Waals surface area contributed by atoms with E-state index in [2.05, 4.69) is 76.2 Å². The summed E-state index contributed by atoms with van der Waals surface area (Å²) < 4.78 is 0. The molecule has 434 valence electrons. The SMILES string of the molecule is CCCCCCCCCCCC(CCCCCCCCC)(CCCCCCCCCC)C(CCCCCCC)(CCCCCCCC)C(CCCCC)(CCCCCC)C(CCCCCCCC)C(C)(C)C. The average molecular weight is 1010 g/mol. The lowest BCUT2D eigenvalue weighted by molar-refractivity contribution is -0.183. The van der Waals surface area contributed by atoms with Crippen molar-refractivity contribution < 1.29 is 0 Å². The third kappa shape index (κ3) is 32.7. The van der Waals surface area contributed by atoms with Crippen molar-refractivity contribution in [2.45, 2.75) is 436 Å². The van der Waals surface area contributed by atoms with Crippen LogP contribution in [-0.2, 0) is 0 Å². The van der Waals surface area contributed by atoms with E-state index in [-0.39, 0.29) is 0 Å². The summed E-state index contributed by atoms with van der Waals surface area (Å²) in [6, 6.07) is 0. The Morgan fingerprint density at radius 3 is 0.681 bits per heavy atom. The van der Waals surface area contributed by atoms with Crippen molar-refractivity contribution in [3.05, 3.63) is 0 Å². The first-order valence-corrected chi connectivity index (χ1v) is 35.1. The Morgan fingerprint density at radius 1 is 0.208 bits per heavy atom. The molecule has 0 N–H and O–H groups in total. The highest BCUT2D eigenvalue weighted by atomic mass is 14.7. The van der Waals surface area contributed by atoms with Crippen LogP contribution in [0.2, 0.25) is 0 Å². The molecule has 0 saturated carbocycles. The van der Waals surface area contributed by atoms with Crippen molar-refractivity contribution in [2.24, 2.45) is 27.6 Å². The van der Waals surface area contributed by atoms with Crippen LogP contribution in [0.5, 0.6) is 0 Å². The number of unbranched alkanes of at least 4 members (excludes halogenated alkanes) is 40. The van der Waals surface area contributed by atoms with Gasteiger partial charge in [0.2, 0.25) is 0 Å². The molecule has 0 aliphatic rings. The van der Waals surface area contributed by atoms with Gasteiger partial charge in [0.05, 0.1) is 0 Å². The highest BCUT2D eigenvalue weighted by Gasteiger charge is 2.63. The highest BCUT2D eigenvalue weighted by Crippen LogP contribution is 2.72. The van der Waals surface area contributed by atoms with Gasteiger partial charge in [-0.2, -0.15) is 0 Å². The van der Waals surface area contributed by atoms with Gasteiger partial charge in [-0.3, -0.25) is 0 Å². The van der Waals surface area contributed by atoms with Gasteiger partial charge in [0.1, 0.15) is 0 Å². The minimum atomic E-state index is 0.316. The zero-order valence-electron chi connectivity index (χ0n) is 53.2. The van der Waals surface area contributed by atoms with E-state index in [9.17, 15) is 0 Å². The molecule has 0 heterocycles. The Morgan fingerprint density at radius 2 is 0.403 bits per heavy atom. The molecule has 0 aromatic carbocycles. The number of hydrogen-bond acceptors (Lipinski definition) is 0. The van der Waals surface area contributed by atoms with Gasteiger partial charge in [0.15, 0.2) is 0 Å². The molecular formula is C72H146. The first-order chi connectivity index (χ1) is 35.1. The van der Waals surface area contributed by atoms with Gasteiger partial charge in [0, 0.05) is 0 Å². The largest absolute Gasteiger partial charge is 0.0654 e. The second-order valence-electron chi connectivity index (χ2n) is 26.6. The predicted molar refractivity (Wildman–Crippen MR) is 334 cm³/mol. The third-order valence-electron chi connectivity index (χ3n) is 19.4. The molecule has 0 fully saturated rings. The molecule has 0 heteroatoms. The molecule has 0 radical (unpaired) electrons. The second kappa shape index (κ2) is 50.5. The third-order valence-corrected chi connectivity index (χ3v) is 19.4. The molecule has 0 aromatic rings. The molecule has 72 heavy (non-hydrogen) atoms. The molecule has 4 atom stereocenters. The molecule has 0 bridgehead atoms. The zero-order chi connectivity index (χ0) is 53.2. The van der Waals surface area contributed by atoms with Crippen LogP contribution in [0.1, 0.15) is 436 Å². The molecule has 0 amide bonds. The Balaban J connectivity index is 8.58. The summed E-state index contributed by atoms with van der Waals surface area (Å²) in [6.45, 7) is 27.9. The van der Waals surface area contributed by atoms with Crippen molar-refractivity contribution in [3.63, 3.8) is 0 Å². The quantitative estimate of drug-likeness (QED) is 0.0533. The van der Waals surface area contributed by atoms with Crippen LogP contribution in [-0.4, -0.2) is 0 Å². The summed E-state index contributed by atoms with van der Waals surface area (Å²) in [5, 5.41) is 0. The summed E-state index contributed by atoms with van der Waals surface area (Å²) in [5.41, 5.74) is 1.60. The normalized spacial score (nSPS) is 15.2. The van der Waals surface area contributed by atoms with Crippen LogP contribution < -0.4 is 0 Å². The minimum absolute atomic E-state index is 0.316. The second-order valence-corrected chi connectivity index (χ2v) is 26.6. The molecule has 0 aromatic heterocycles. The number of rotatable bonds is 59. The predicted octanol–water partition coefficient (Wildman–Crippen LogP) is 27.6. The van der Waals surface area contributed by atoms with E-state index < -0.39 is 0 Å². The fourth-order valence-corrected chi connectivity index (χ4v) is 15.3. The molecule has 0 rings (SSSR count). The summed E-state index contributed by atoms with van der Waals surface area (Å²) in [4.78, 5) is 0. The lowest BCUT2D eigenvalue weighted by Crippen LogP contribution is -2.59. The summed E-state index contributed by atoms with van der Waals surface area (Å²) in [6.07, 6.45) is 82.1. The van der Waals surface area contributed by atoms with Crippen molar-refractivity contribution in [3.8, 4) is 0 Å². The fraction of sp³-hybridized carbons (Fsp3) is 1.00. The average Bonchev–Trinajstić information content (AvgIpc) is 3.36. The van der Waals surface area contributed by atoms with Crippen LogP contribution in [0.4, 0.5) is 0 Å². The van der Waals surface area contributed by atoms with Gasteiger partial charge < -0.3 is 0 Å². The smallest absolute Gasteiger partial charge is 0.0182 e. The Kier molecular flexibility index (Phi) is 50.5. The molecule has 4 unspecified atom stereocenters. The molecule has 0 aliphatic heterocycles. The Labute approximate surface area is 461 Å². The van der Waals surface area contributed by atoms with Crippen molar-refractivity contribution in [1.29, 1.82) is 0 Å². The summed E-state index contributed by atoms with van der Waals surface area (Å²) in [7, 11) is 0. The van der Waals surface area contributed by atoms with E-state index >= 15 is 0 Å². The molecular weight excluding hydrogens is 865 g/mol. The van der Waals surface area contributed by atoms with E-state index in [1.807, 2.05) is 0 Å². The van der Waals surface area contributed by atoms with Crippen molar-refractivity contribution >= 4 is 0 Å². The number of hydrogen-bond donors (Lipinski definition) is 0. The topological polar surface area (TPSA) is 0 Å². The van der Waals surface area contributed by atoms with Crippen molar-refractivity contribution in [2.75, 3.05) is 0 Å². The molecule has 0 nitrogen and oxygen atoms in total. The first-order valence-electron chi connectivity index (χ1n) is 35.1. The fourth-order valence-electron chi connectivity index (χ4n) is 15.3. The maximum Gasteiger partial charge on any atom is -0.0182 e. The van der Waals surface area contributed by atoms with Gasteiger partial charge in [-0.25, -0.2) is 0 Å². The van der Waals surface area contributed by atoms with Crippen LogP contribution >= 0.6 is 0 Å². The van der Waals surface area contributed by atoms with Crippen molar-refractivity contribution in [1.82, 2.24) is 0 Å². The molecule has 0 saturated heterocycles. The maximum atomic E-state index is 2.79. The van der Waals surface area contributed by atoms with Crippen LogP contribution in [0.15, 0.2) is 0 Å². The zero-order valence-corrected chi connectivity index (χ0v) is 53.2. The highest BCUT2D eigenvalue weighted by molar-refractivity contribution is 5.12. The van der Waals surface area contributed by atoms with Crippen LogP contribution in [0, 0.1) is 27.6 Å². The maximum absolute atomic E-state index is 2.79. The summed E-state index contributed by atoms with van der Waals surface area (Å²) in [5.74, 6) is 0.806. The van der Waals surface area contributed by atoms with Gasteiger partial charge in [0.25, 0.3) is 0 Å². The van der Waals surface area contributed by atoms with E-state index in [1.165, 1.54) is 327 Å². The van der Waals surface area contributed by atoms with E-state index in [0.29, 0.717) is 21.7 Å². The van der Waals surface area contributed by atoms with Gasteiger partial charge >= 0.3 is 0 Å². The monoisotopic (exact) mass is 1010 g/mol. The van der Waals surface area contributed by atoms with E-state index in [0.717, 1.165) is 5.92 Å². The lowest BCUT2D eigenvalue weighted by Gasteiger charge is -2.67. The summed E-state index contributed by atoms with van der Waals surface area (Å²) >= 11 is 0. The van der Waals surface area contributed by atoms with Crippen LogP contribution in [0.3, 0.4) is 0 Å². The standard InChI is InChI=1S/C72H146/c1-12-20-28-35-40-42-45-50-56-63-70(61-54-48-43-37-30-22-14-3,62-55-49-44-41-36-29-21-13-2)72(66-58-47-33-25-17-6,67-59-51-39-32-24-16-5)71(64-53-27-19-8,65-57-34-26-18-7)68(69(9,10)11)60-52-46-38-31-23-15-4/h68H,12-67H2,1-11H3. The van der Waals surface area contributed by atoms with Gasteiger partial charge in [-0.05, 0) is 78.9 Å². The van der Waals surface area contributed by atoms with Crippen LogP contribution in [0.25, 0.3) is 0 Å². The Bertz CT molecular complexity index is 1050. The van der Waals surface area contributed by atoms with E-state index in [1.54, 1.807) is 32.1 Å². The van der Waals surface area contributed by atoms with Gasteiger partial charge in [-0.15, -0.1) is 0 Å². The lowest BCUT2D eigenvalue weighted by atomic mass is 9.37. The molecule has 0 spiro atoms. The Hall–Kier alpha value is 0. The van der Waals surface area contributed by atoms with E-state index in [4.69, 9.17) is 0 Å². The minimum Gasteiger partial charge on any atom is -0.0654 e. The first kappa shape index (κ1) is 72.0.